The molecule has 1 aromatic heterocycles. The minimum atomic E-state index is -0.0524. The number of nitrogens with one attached hydrogen (secondary N) is 1. The molecule has 0 saturated carbocycles. The minimum absolute atomic E-state index is 0.0524. The van der Waals surface area contributed by atoms with Gasteiger partial charge in [-0.15, -0.1) is 0 Å². The van der Waals surface area contributed by atoms with Crippen LogP contribution in [-0.2, 0) is 11.2 Å². The number of hydrogen-bond acceptors (Lipinski definition) is 3. The Hall–Kier alpha value is -2.30. The first-order valence-corrected chi connectivity index (χ1v) is 7.52. The minimum Gasteiger partial charge on any atom is -0.497 e. The van der Waals surface area contributed by atoms with Gasteiger partial charge in [-0.25, -0.2) is 0 Å². The molecule has 0 saturated heterocycles. The van der Waals surface area contributed by atoms with Gasteiger partial charge >= 0.3 is 0 Å². The standard InChI is InChI=1S/C17H22N2O3/c1-4-5-17(21)19-11-13(8-9-18-12(2)20)15-10-14(22-3)6-7-16(15)19/h6-7,10-11H,4-5,8-9H2,1-3H3,(H,18,20). The predicted octanol–water partition coefficient (Wildman–Crippen LogP) is 2.77. The number of carbonyl (C=O) groups is 2. The van der Waals surface area contributed by atoms with E-state index in [-0.39, 0.29) is 11.8 Å². The Morgan fingerprint density at radius 3 is 2.73 bits per heavy atom. The fourth-order valence-electron chi connectivity index (χ4n) is 2.52. The molecule has 2 aromatic rings. The van der Waals surface area contributed by atoms with Gasteiger partial charge in [0.05, 0.1) is 12.6 Å². The molecule has 22 heavy (non-hydrogen) atoms. The molecule has 2 rings (SSSR count). The summed E-state index contributed by atoms with van der Waals surface area (Å²) >= 11 is 0. The highest BCUT2D eigenvalue weighted by molar-refractivity contribution is 5.95. The lowest BCUT2D eigenvalue weighted by Crippen LogP contribution is -2.22. The number of fused-ring (bicyclic) bond motifs is 1. The Kier molecular flexibility index (Phi) is 5.20. The Balaban J connectivity index is 2.39. The average Bonchev–Trinajstić information content (AvgIpc) is 2.85. The molecule has 0 fully saturated rings. The van der Waals surface area contributed by atoms with Gasteiger partial charge < -0.3 is 10.1 Å². The van der Waals surface area contributed by atoms with Crippen LogP contribution >= 0.6 is 0 Å². The van der Waals surface area contributed by atoms with E-state index in [1.807, 2.05) is 31.3 Å². The second-order valence-corrected chi connectivity index (χ2v) is 5.28. The zero-order valence-electron chi connectivity index (χ0n) is 13.3. The molecule has 0 bridgehead atoms. The number of aromatic nitrogens is 1. The molecular formula is C17H22N2O3. The molecule has 0 atom stereocenters. The highest BCUT2D eigenvalue weighted by Gasteiger charge is 2.14. The Labute approximate surface area is 130 Å². The van der Waals surface area contributed by atoms with Gasteiger partial charge in [0.1, 0.15) is 5.75 Å². The molecule has 5 nitrogen and oxygen atoms in total. The smallest absolute Gasteiger partial charge is 0.231 e. The number of ether oxygens (including phenoxy) is 1. The zero-order valence-corrected chi connectivity index (χ0v) is 13.3. The maximum atomic E-state index is 12.3. The van der Waals surface area contributed by atoms with Gasteiger partial charge in [-0.2, -0.15) is 0 Å². The first kappa shape index (κ1) is 16.1. The highest BCUT2D eigenvalue weighted by Crippen LogP contribution is 2.26. The van der Waals surface area contributed by atoms with Crippen molar-refractivity contribution in [2.75, 3.05) is 13.7 Å². The Morgan fingerprint density at radius 1 is 1.32 bits per heavy atom. The molecule has 1 amide bonds. The lowest BCUT2D eigenvalue weighted by molar-refractivity contribution is -0.118. The summed E-state index contributed by atoms with van der Waals surface area (Å²) in [7, 11) is 1.62. The van der Waals surface area contributed by atoms with Gasteiger partial charge in [-0.05, 0) is 36.6 Å². The van der Waals surface area contributed by atoms with Gasteiger partial charge in [0.15, 0.2) is 0 Å². The SMILES string of the molecule is CCCC(=O)n1cc(CCNC(C)=O)c2cc(OC)ccc21. The molecule has 1 heterocycles. The molecule has 0 aliphatic carbocycles. The van der Waals surface area contributed by atoms with Crippen molar-refractivity contribution >= 4 is 22.7 Å². The molecule has 5 heteroatoms. The van der Waals surface area contributed by atoms with Crippen LogP contribution in [0, 0.1) is 0 Å². The largest absolute Gasteiger partial charge is 0.497 e. The van der Waals surface area contributed by atoms with Crippen molar-refractivity contribution in [1.29, 1.82) is 0 Å². The van der Waals surface area contributed by atoms with Crippen LogP contribution in [0.25, 0.3) is 10.9 Å². The second kappa shape index (κ2) is 7.11. The van der Waals surface area contributed by atoms with E-state index >= 15 is 0 Å². The van der Waals surface area contributed by atoms with Crippen molar-refractivity contribution < 1.29 is 14.3 Å². The van der Waals surface area contributed by atoms with E-state index in [4.69, 9.17) is 4.74 Å². The average molecular weight is 302 g/mol. The van der Waals surface area contributed by atoms with Crippen molar-refractivity contribution in [1.82, 2.24) is 9.88 Å². The van der Waals surface area contributed by atoms with E-state index in [1.165, 1.54) is 6.92 Å². The van der Waals surface area contributed by atoms with Crippen LogP contribution in [0.5, 0.6) is 5.75 Å². The molecule has 118 valence electrons. The quantitative estimate of drug-likeness (QED) is 0.892. The van der Waals surface area contributed by atoms with E-state index in [0.717, 1.165) is 28.6 Å². The van der Waals surface area contributed by atoms with Crippen LogP contribution in [-0.4, -0.2) is 30.0 Å². The zero-order chi connectivity index (χ0) is 16.1. The topological polar surface area (TPSA) is 60.3 Å². The second-order valence-electron chi connectivity index (χ2n) is 5.28. The van der Waals surface area contributed by atoms with Gasteiger partial charge in [0.2, 0.25) is 11.8 Å². The molecule has 1 aromatic carbocycles. The summed E-state index contributed by atoms with van der Waals surface area (Å²) in [6, 6.07) is 5.70. The van der Waals surface area contributed by atoms with Gasteiger partial charge in [-0.1, -0.05) is 6.92 Å². The summed E-state index contributed by atoms with van der Waals surface area (Å²) in [5.41, 5.74) is 1.92. The third kappa shape index (κ3) is 3.47. The molecule has 0 aliphatic heterocycles. The highest BCUT2D eigenvalue weighted by atomic mass is 16.5. The third-order valence-corrected chi connectivity index (χ3v) is 3.59. The Bertz CT molecular complexity index is 689. The lowest BCUT2D eigenvalue weighted by atomic mass is 10.1. The summed E-state index contributed by atoms with van der Waals surface area (Å²) in [5, 5.41) is 3.78. The normalized spacial score (nSPS) is 10.7. The molecule has 0 unspecified atom stereocenters. The van der Waals surface area contributed by atoms with E-state index in [9.17, 15) is 9.59 Å². The maximum absolute atomic E-state index is 12.3. The van der Waals surface area contributed by atoms with Crippen LogP contribution in [0.2, 0.25) is 0 Å². The summed E-state index contributed by atoms with van der Waals surface area (Å²) in [6.45, 7) is 4.04. The van der Waals surface area contributed by atoms with Crippen LogP contribution in [0.3, 0.4) is 0 Å². The molecule has 0 radical (unpaired) electrons. The van der Waals surface area contributed by atoms with Crippen LogP contribution in [0.15, 0.2) is 24.4 Å². The number of methoxy groups -OCH3 is 1. The number of rotatable bonds is 6. The fourth-order valence-corrected chi connectivity index (χ4v) is 2.52. The van der Waals surface area contributed by atoms with E-state index < -0.39 is 0 Å². The van der Waals surface area contributed by atoms with E-state index in [2.05, 4.69) is 5.32 Å². The van der Waals surface area contributed by atoms with E-state index in [1.54, 1.807) is 11.7 Å². The summed E-state index contributed by atoms with van der Waals surface area (Å²) in [6.07, 6.45) is 3.89. The molecule has 1 N–H and O–H groups in total. The van der Waals surface area contributed by atoms with Crippen LogP contribution in [0.4, 0.5) is 0 Å². The van der Waals surface area contributed by atoms with Gasteiger partial charge in [-0.3, -0.25) is 14.2 Å². The van der Waals surface area contributed by atoms with Crippen molar-refractivity contribution in [3.8, 4) is 5.75 Å². The van der Waals surface area contributed by atoms with Crippen LogP contribution < -0.4 is 10.1 Å². The van der Waals surface area contributed by atoms with Gasteiger partial charge in [0.25, 0.3) is 0 Å². The van der Waals surface area contributed by atoms with Crippen molar-refractivity contribution in [3.63, 3.8) is 0 Å². The predicted molar refractivity (Wildman–Crippen MR) is 86.4 cm³/mol. The number of amides is 1. The number of benzene rings is 1. The summed E-state index contributed by atoms with van der Waals surface area (Å²) < 4.78 is 6.98. The van der Waals surface area contributed by atoms with Gasteiger partial charge in [0, 0.05) is 31.5 Å². The number of nitrogens with zero attached hydrogens (tertiary/aromatic N) is 1. The van der Waals surface area contributed by atoms with Crippen molar-refractivity contribution in [3.05, 3.63) is 30.0 Å². The number of hydrogen-bond donors (Lipinski definition) is 1. The number of carbonyl (C=O) groups excluding carboxylic acids is 2. The first-order chi connectivity index (χ1) is 10.6. The molecule has 0 aliphatic rings. The lowest BCUT2D eigenvalue weighted by Gasteiger charge is -2.04. The van der Waals surface area contributed by atoms with E-state index in [0.29, 0.717) is 19.4 Å². The van der Waals surface area contributed by atoms with Crippen molar-refractivity contribution in [2.24, 2.45) is 0 Å². The maximum Gasteiger partial charge on any atom is 0.231 e. The summed E-state index contributed by atoms with van der Waals surface area (Å²) in [4.78, 5) is 23.3. The molecular weight excluding hydrogens is 280 g/mol. The summed E-state index contributed by atoms with van der Waals surface area (Å²) in [5.74, 6) is 0.792. The monoisotopic (exact) mass is 302 g/mol. The first-order valence-electron chi connectivity index (χ1n) is 7.52. The van der Waals surface area contributed by atoms with Crippen molar-refractivity contribution in [2.45, 2.75) is 33.1 Å². The third-order valence-electron chi connectivity index (χ3n) is 3.59. The fraction of sp³-hybridized carbons (Fsp3) is 0.412. The van der Waals surface area contributed by atoms with Crippen LogP contribution in [0.1, 0.15) is 37.0 Å². The Morgan fingerprint density at radius 2 is 2.09 bits per heavy atom. The molecule has 0 spiro atoms.